The summed E-state index contributed by atoms with van der Waals surface area (Å²) in [4.78, 5) is 12.7. The summed E-state index contributed by atoms with van der Waals surface area (Å²) in [7, 11) is 0. The highest BCUT2D eigenvalue weighted by Crippen LogP contribution is 2.27. The molecule has 4 aromatic rings. The van der Waals surface area contributed by atoms with E-state index in [9.17, 15) is 4.79 Å². The second-order valence-electron chi connectivity index (χ2n) is 6.73. The number of anilines is 1. The van der Waals surface area contributed by atoms with E-state index in [1.165, 1.54) is 11.8 Å². The summed E-state index contributed by atoms with van der Waals surface area (Å²) in [5.41, 5.74) is 2.63. The number of nitrogens with one attached hydrogen (secondary N) is 1. The summed E-state index contributed by atoms with van der Waals surface area (Å²) in [6, 6.07) is 19.7. The fourth-order valence-corrected chi connectivity index (χ4v) is 3.95. The van der Waals surface area contributed by atoms with Crippen molar-refractivity contribution in [3.8, 4) is 5.69 Å². The first-order valence-corrected chi connectivity index (χ1v) is 10.4. The molecule has 0 radical (unpaired) electrons. The normalized spacial score (nSPS) is 12.1. The van der Waals surface area contributed by atoms with Crippen molar-refractivity contribution in [1.29, 1.82) is 0 Å². The van der Waals surface area contributed by atoms with Gasteiger partial charge in [0.2, 0.25) is 5.91 Å². The SMILES string of the molecule is Cc1ccc(-n2cnnc2SC(C)C(=O)Nc2ccc3ccccc3c2)cc1Cl. The number of fused-ring (bicyclic) bond motifs is 1. The Balaban J connectivity index is 1.49. The third-order valence-corrected chi connectivity index (χ3v) is 6.08. The van der Waals surface area contributed by atoms with Gasteiger partial charge in [-0.15, -0.1) is 10.2 Å². The van der Waals surface area contributed by atoms with Gasteiger partial charge in [-0.25, -0.2) is 0 Å². The van der Waals surface area contributed by atoms with E-state index in [0.717, 1.165) is 27.7 Å². The zero-order valence-corrected chi connectivity index (χ0v) is 17.5. The maximum absolute atomic E-state index is 12.7. The Morgan fingerprint density at radius 1 is 1.10 bits per heavy atom. The zero-order chi connectivity index (χ0) is 20.4. The smallest absolute Gasteiger partial charge is 0.237 e. The van der Waals surface area contributed by atoms with E-state index in [0.29, 0.717) is 10.2 Å². The van der Waals surface area contributed by atoms with E-state index < -0.39 is 0 Å². The molecule has 1 aromatic heterocycles. The number of thioether (sulfide) groups is 1. The molecule has 0 spiro atoms. The fourth-order valence-electron chi connectivity index (χ4n) is 2.94. The molecule has 0 aliphatic heterocycles. The number of nitrogens with zero attached hydrogens (tertiary/aromatic N) is 3. The topological polar surface area (TPSA) is 59.8 Å². The van der Waals surface area contributed by atoms with Crippen molar-refractivity contribution < 1.29 is 4.79 Å². The molecule has 0 bridgehead atoms. The van der Waals surface area contributed by atoms with E-state index in [4.69, 9.17) is 11.6 Å². The maximum Gasteiger partial charge on any atom is 0.237 e. The van der Waals surface area contributed by atoms with Gasteiger partial charge in [0.1, 0.15) is 6.33 Å². The van der Waals surface area contributed by atoms with Crippen molar-refractivity contribution in [3.05, 3.63) is 77.6 Å². The van der Waals surface area contributed by atoms with E-state index in [1.807, 2.05) is 79.1 Å². The molecule has 0 aliphatic rings. The van der Waals surface area contributed by atoms with Crippen LogP contribution in [0.5, 0.6) is 0 Å². The molecule has 5 nitrogen and oxygen atoms in total. The summed E-state index contributed by atoms with van der Waals surface area (Å²) < 4.78 is 1.83. The van der Waals surface area contributed by atoms with Gasteiger partial charge in [0.25, 0.3) is 0 Å². The minimum atomic E-state index is -0.356. The first-order chi connectivity index (χ1) is 14.0. The number of amides is 1. The largest absolute Gasteiger partial charge is 0.325 e. The summed E-state index contributed by atoms with van der Waals surface area (Å²) in [6.07, 6.45) is 1.62. The number of aromatic nitrogens is 3. The van der Waals surface area contributed by atoms with E-state index in [1.54, 1.807) is 6.33 Å². The third-order valence-electron chi connectivity index (χ3n) is 4.62. The quantitative estimate of drug-likeness (QED) is 0.431. The van der Waals surface area contributed by atoms with Gasteiger partial charge in [0.05, 0.1) is 10.9 Å². The van der Waals surface area contributed by atoms with Gasteiger partial charge in [0.15, 0.2) is 5.16 Å². The van der Waals surface area contributed by atoms with Crippen LogP contribution in [-0.2, 0) is 4.79 Å². The number of hydrogen-bond donors (Lipinski definition) is 1. The lowest BCUT2D eigenvalue weighted by Gasteiger charge is -2.13. The molecule has 0 fully saturated rings. The van der Waals surface area contributed by atoms with Crippen molar-refractivity contribution in [1.82, 2.24) is 14.8 Å². The lowest BCUT2D eigenvalue weighted by molar-refractivity contribution is -0.115. The highest BCUT2D eigenvalue weighted by atomic mass is 35.5. The van der Waals surface area contributed by atoms with Crippen LogP contribution in [-0.4, -0.2) is 25.9 Å². The van der Waals surface area contributed by atoms with Crippen LogP contribution in [0.25, 0.3) is 16.5 Å². The molecule has 1 unspecified atom stereocenters. The van der Waals surface area contributed by atoms with Gasteiger partial charge in [-0.3, -0.25) is 9.36 Å². The fraction of sp³-hybridized carbons (Fsp3) is 0.136. The average Bonchev–Trinajstić information content (AvgIpc) is 3.18. The van der Waals surface area contributed by atoms with Crippen molar-refractivity contribution in [2.75, 3.05) is 5.32 Å². The van der Waals surface area contributed by atoms with Gasteiger partial charge in [-0.2, -0.15) is 0 Å². The summed E-state index contributed by atoms with van der Waals surface area (Å²) in [6.45, 7) is 3.80. The number of aryl methyl sites for hydroxylation is 1. The highest BCUT2D eigenvalue weighted by Gasteiger charge is 2.19. The van der Waals surface area contributed by atoms with Crippen molar-refractivity contribution in [2.45, 2.75) is 24.3 Å². The lowest BCUT2D eigenvalue weighted by Crippen LogP contribution is -2.22. The van der Waals surface area contributed by atoms with Crippen LogP contribution in [0.4, 0.5) is 5.69 Å². The summed E-state index contributed by atoms with van der Waals surface area (Å²) >= 11 is 7.59. The molecule has 3 aromatic carbocycles. The Bertz CT molecular complexity index is 1190. The van der Waals surface area contributed by atoms with Gasteiger partial charge < -0.3 is 5.32 Å². The van der Waals surface area contributed by atoms with Gasteiger partial charge in [0, 0.05) is 10.7 Å². The average molecular weight is 423 g/mol. The van der Waals surface area contributed by atoms with Crippen LogP contribution in [0.15, 0.2) is 72.1 Å². The van der Waals surface area contributed by atoms with Crippen molar-refractivity contribution >= 4 is 45.7 Å². The molecule has 1 amide bonds. The van der Waals surface area contributed by atoms with Crippen LogP contribution in [0.2, 0.25) is 5.02 Å². The highest BCUT2D eigenvalue weighted by molar-refractivity contribution is 8.00. The van der Waals surface area contributed by atoms with E-state index in [2.05, 4.69) is 15.5 Å². The molecule has 0 saturated carbocycles. The molecule has 146 valence electrons. The molecular weight excluding hydrogens is 404 g/mol. The van der Waals surface area contributed by atoms with Crippen LogP contribution >= 0.6 is 23.4 Å². The van der Waals surface area contributed by atoms with Crippen molar-refractivity contribution in [3.63, 3.8) is 0 Å². The zero-order valence-electron chi connectivity index (χ0n) is 16.0. The monoisotopic (exact) mass is 422 g/mol. The molecule has 1 atom stereocenters. The first-order valence-electron chi connectivity index (χ1n) is 9.14. The number of hydrogen-bond acceptors (Lipinski definition) is 4. The predicted octanol–water partition coefficient (Wildman–Crippen LogP) is 5.50. The number of carbonyl (C=O) groups excluding carboxylic acids is 1. The maximum atomic E-state index is 12.7. The number of carbonyl (C=O) groups is 1. The van der Waals surface area contributed by atoms with Crippen molar-refractivity contribution in [2.24, 2.45) is 0 Å². The Hall–Kier alpha value is -2.83. The summed E-state index contributed by atoms with van der Waals surface area (Å²) in [5.74, 6) is -0.0956. The lowest BCUT2D eigenvalue weighted by atomic mass is 10.1. The second kappa shape index (κ2) is 8.27. The number of rotatable bonds is 5. The molecule has 4 rings (SSSR count). The Kier molecular flexibility index (Phi) is 5.56. The van der Waals surface area contributed by atoms with E-state index in [-0.39, 0.29) is 11.2 Å². The molecule has 0 saturated heterocycles. The second-order valence-corrected chi connectivity index (χ2v) is 8.44. The van der Waals surface area contributed by atoms with Gasteiger partial charge >= 0.3 is 0 Å². The Morgan fingerprint density at radius 2 is 1.90 bits per heavy atom. The standard InChI is InChI=1S/C22H19ClN4OS/c1-14-7-10-19(12-20(14)23)27-13-24-26-22(27)29-15(2)21(28)25-18-9-8-16-5-3-4-6-17(16)11-18/h3-13,15H,1-2H3,(H,25,28). The van der Waals surface area contributed by atoms with Crippen LogP contribution in [0.3, 0.4) is 0 Å². The van der Waals surface area contributed by atoms with Gasteiger partial charge in [-0.1, -0.05) is 59.8 Å². The molecule has 29 heavy (non-hydrogen) atoms. The number of benzene rings is 3. The van der Waals surface area contributed by atoms with Gasteiger partial charge in [-0.05, 0) is 54.4 Å². The van der Waals surface area contributed by atoms with Crippen LogP contribution < -0.4 is 5.32 Å². The predicted molar refractivity (Wildman–Crippen MR) is 119 cm³/mol. The minimum absolute atomic E-state index is 0.0956. The number of halogens is 1. The minimum Gasteiger partial charge on any atom is -0.325 e. The molecule has 1 N–H and O–H groups in total. The molecule has 7 heteroatoms. The molecule has 0 aliphatic carbocycles. The molecule has 1 heterocycles. The Labute approximate surface area is 178 Å². The summed E-state index contributed by atoms with van der Waals surface area (Å²) in [5, 5.41) is 14.3. The van der Waals surface area contributed by atoms with Crippen LogP contribution in [0, 0.1) is 6.92 Å². The first kappa shape index (κ1) is 19.5. The Morgan fingerprint density at radius 3 is 2.69 bits per heavy atom. The third kappa shape index (κ3) is 4.28. The molecular formula is C22H19ClN4OS. The van der Waals surface area contributed by atoms with Crippen LogP contribution in [0.1, 0.15) is 12.5 Å². The van der Waals surface area contributed by atoms with E-state index >= 15 is 0 Å².